The normalized spacial score (nSPS) is 29.1. The zero-order valence-corrected chi connectivity index (χ0v) is 10.1. The predicted octanol–water partition coefficient (Wildman–Crippen LogP) is 3.47. The molecular weight excluding hydrogens is 186 g/mol. The SMILES string of the molecule is CCCCCC1(C#N)CCC(C)(C)C1=O. The van der Waals surface area contributed by atoms with E-state index >= 15 is 0 Å². The standard InChI is InChI=1S/C13H21NO/c1-4-5-6-7-13(10-14)9-8-12(2,3)11(13)15/h4-9H2,1-3H3. The Labute approximate surface area is 92.7 Å². The lowest BCUT2D eigenvalue weighted by Crippen LogP contribution is -2.31. The predicted molar refractivity (Wildman–Crippen MR) is 60.2 cm³/mol. The number of Topliss-reactive ketones (excluding diaryl/α,β-unsaturated/α-hetero) is 1. The second-order valence-corrected chi connectivity index (χ2v) is 5.36. The average molecular weight is 207 g/mol. The van der Waals surface area contributed by atoms with Crippen LogP contribution in [0, 0.1) is 22.2 Å². The number of ketones is 1. The topological polar surface area (TPSA) is 40.9 Å². The largest absolute Gasteiger partial charge is 0.297 e. The third-order valence-corrected chi connectivity index (χ3v) is 3.65. The molecular formula is C13H21NO. The van der Waals surface area contributed by atoms with Crippen molar-refractivity contribution in [2.24, 2.45) is 10.8 Å². The van der Waals surface area contributed by atoms with Gasteiger partial charge < -0.3 is 0 Å². The summed E-state index contributed by atoms with van der Waals surface area (Å²) in [5, 5.41) is 9.25. The molecule has 1 atom stereocenters. The van der Waals surface area contributed by atoms with E-state index in [1.54, 1.807) is 0 Å². The number of hydrogen-bond acceptors (Lipinski definition) is 2. The Morgan fingerprint density at radius 3 is 2.40 bits per heavy atom. The van der Waals surface area contributed by atoms with E-state index in [0.717, 1.165) is 38.5 Å². The maximum atomic E-state index is 12.2. The summed E-state index contributed by atoms with van der Waals surface area (Å²) < 4.78 is 0. The lowest BCUT2D eigenvalue weighted by Gasteiger charge is -2.22. The summed E-state index contributed by atoms with van der Waals surface area (Å²) >= 11 is 0. The molecule has 1 rings (SSSR count). The van der Waals surface area contributed by atoms with Crippen molar-refractivity contribution in [1.82, 2.24) is 0 Å². The van der Waals surface area contributed by atoms with Gasteiger partial charge in [0.05, 0.1) is 6.07 Å². The first-order valence-electron chi connectivity index (χ1n) is 5.95. The Kier molecular flexibility index (Phi) is 3.54. The number of carbonyl (C=O) groups excluding carboxylic acids is 1. The van der Waals surface area contributed by atoms with E-state index in [-0.39, 0.29) is 11.2 Å². The smallest absolute Gasteiger partial charge is 0.158 e. The summed E-state index contributed by atoms with van der Waals surface area (Å²) in [5.74, 6) is 0.175. The molecule has 1 unspecified atom stereocenters. The van der Waals surface area contributed by atoms with Crippen LogP contribution in [0.1, 0.15) is 59.3 Å². The molecule has 0 saturated heterocycles. The van der Waals surface area contributed by atoms with Crippen LogP contribution < -0.4 is 0 Å². The molecule has 0 amide bonds. The number of nitriles is 1. The summed E-state index contributed by atoms with van der Waals surface area (Å²) in [6.07, 6.45) is 5.66. The van der Waals surface area contributed by atoms with E-state index in [9.17, 15) is 10.1 Å². The molecule has 2 heteroatoms. The minimum Gasteiger partial charge on any atom is -0.297 e. The molecule has 0 heterocycles. The van der Waals surface area contributed by atoms with Crippen LogP contribution in [0.5, 0.6) is 0 Å². The zero-order valence-electron chi connectivity index (χ0n) is 10.1. The first kappa shape index (κ1) is 12.2. The number of carbonyl (C=O) groups is 1. The van der Waals surface area contributed by atoms with Crippen LogP contribution in [0.4, 0.5) is 0 Å². The Hall–Kier alpha value is -0.840. The van der Waals surface area contributed by atoms with Gasteiger partial charge in [0.1, 0.15) is 5.41 Å². The van der Waals surface area contributed by atoms with Crippen molar-refractivity contribution >= 4 is 5.78 Å². The minimum atomic E-state index is -0.654. The molecule has 0 radical (unpaired) electrons. The monoisotopic (exact) mass is 207 g/mol. The molecule has 0 aromatic rings. The average Bonchev–Trinajstić information content (AvgIpc) is 2.43. The Bertz CT molecular complexity index is 287. The Morgan fingerprint density at radius 1 is 1.33 bits per heavy atom. The van der Waals surface area contributed by atoms with Gasteiger partial charge in [0, 0.05) is 5.41 Å². The van der Waals surface area contributed by atoms with Gasteiger partial charge in [-0.25, -0.2) is 0 Å². The number of unbranched alkanes of at least 4 members (excludes halogenated alkanes) is 2. The molecule has 1 aliphatic carbocycles. The highest BCUT2D eigenvalue weighted by Crippen LogP contribution is 2.48. The van der Waals surface area contributed by atoms with E-state index in [0.29, 0.717) is 0 Å². The number of nitrogens with zero attached hydrogens (tertiary/aromatic N) is 1. The van der Waals surface area contributed by atoms with E-state index in [2.05, 4.69) is 13.0 Å². The van der Waals surface area contributed by atoms with Crippen molar-refractivity contribution in [1.29, 1.82) is 5.26 Å². The van der Waals surface area contributed by atoms with Crippen molar-refractivity contribution in [3.8, 4) is 6.07 Å². The van der Waals surface area contributed by atoms with E-state index in [1.165, 1.54) is 0 Å². The Morgan fingerprint density at radius 2 is 2.00 bits per heavy atom. The maximum absolute atomic E-state index is 12.2. The van der Waals surface area contributed by atoms with Crippen LogP contribution >= 0.6 is 0 Å². The van der Waals surface area contributed by atoms with E-state index < -0.39 is 5.41 Å². The summed E-state index contributed by atoms with van der Waals surface area (Å²) in [7, 11) is 0. The minimum absolute atomic E-state index is 0.175. The molecule has 84 valence electrons. The van der Waals surface area contributed by atoms with Gasteiger partial charge in [0.15, 0.2) is 5.78 Å². The van der Waals surface area contributed by atoms with Crippen LogP contribution in [0.3, 0.4) is 0 Å². The fourth-order valence-electron chi connectivity index (χ4n) is 2.48. The van der Waals surface area contributed by atoms with Crippen molar-refractivity contribution in [2.45, 2.75) is 59.3 Å². The van der Waals surface area contributed by atoms with Gasteiger partial charge in [-0.05, 0) is 19.3 Å². The number of hydrogen-bond donors (Lipinski definition) is 0. The summed E-state index contributed by atoms with van der Waals surface area (Å²) in [6.45, 7) is 6.07. The van der Waals surface area contributed by atoms with Crippen LogP contribution in [0.25, 0.3) is 0 Å². The van der Waals surface area contributed by atoms with Crippen molar-refractivity contribution in [2.75, 3.05) is 0 Å². The molecule has 0 bridgehead atoms. The second kappa shape index (κ2) is 4.35. The van der Waals surface area contributed by atoms with Crippen LogP contribution in [0.2, 0.25) is 0 Å². The van der Waals surface area contributed by atoms with Gasteiger partial charge in [0.2, 0.25) is 0 Å². The summed E-state index contributed by atoms with van der Waals surface area (Å²) in [5.41, 5.74) is -0.930. The highest BCUT2D eigenvalue weighted by atomic mass is 16.1. The lowest BCUT2D eigenvalue weighted by molar-refractivity contribution is -0.130. The van der Waals surface area contributed by atoms with Gasteiger partial charge in [-0.3, -0.25) is 4.79 Å². The first-order valence-corrected chi connectivity index (χ1v) is 5.95. The van der Waals surface area contributed by atoms with E-state index in [4.69, 9.17) is 0 Å². The van der Waals surface area contributed by atoms with Crippen molar-refractivity contribution < 1.29 is 4.79 Å². The third kappa shape index (κ3) is 2.22. The Balaban J connectivity index is 2.72. The van der Waals surface area contributed by atoms with Crippen LogP contribution in [-0.2, 0) is 4.79 Å². The third-order valence-electron chi connectivity index (χ3n) is 3.65. The highest BCUT2D eigenvalue weighted by molar-refractivity contribution is 5.94. The molecule has 1 fully saturated rings. The van der Waals surface area contributed by atoms with Crippen LogP contribution in [-0.4, -0.2) is 5.78 Å². The van der Waals surface area contributed by atoms with Crippen LogP contribution in [0.15, 0.2) is 0 Å². The molecule has 15 heavy (non-hydrogen) atoms. The molecule has 0 N–H and O–H groups in total. The molecule has 2 nitrogen and oxygen atoms in total. The highest BCUT2D eigenvalue weighted by Gasteiger charge is 2.51. The zero-order chi connectivity index (χ0) is 11.5. The fourth-order valence-corrected chi connectivity index (χ4v) is 2.48. The van der Waals surface area contributed by atoms with Gasteiger partial charge in [0.25, 0.3) is 0 Å². The van der Waals surface area contributed by atoms with E-state index in [1.807, 2.05) is 13.8 Å². The fraction of sp³-hybridized carbons (Fsp3) is 0.846. The van der Waals surface area contributed by atoms with Gasteiger partial charge in [-0.2, -0.15) is 5.26 Å². The lowest BCUT2D eigenvalue weighted by atomic mass is 9.77. The molecule has 0 aliphatic heterocycles. The summed E-state index contributed by atoms with van der Waals surface area (Å²) in [6, 6.07) is 2.29. The first-order chi connectivity index (χ1) is 6.98. The van der Waals surface area contributed by atoms with Gasteiger partial charge >= 0.3 is 0 Å². The maximum Gasteiger partial charge on any atom is 0.158 e. The quantitative estimate of drug-likeness (QED) is 0.662. The molecule has 0 spiro atoms. The molecule has 1 saturated carbocycles. The molecule has 0 aromatic carbocycles. The van der Waals surface area contributed by atoms with Gasteiger partial charge in [-0.15, -0.1) is 0 Å². The van der Waals surface area contributed by atoms with Gasteiger partial charge in [-0.1, -0.05) is 40.0 Å². The molecule has 0 aromatic heterocycles. The molecule has 1 aliphatic rings. The van der Waals surface area contributed by atoms with Crippen molar-refractivity contribution in [3.05, 3.63) is 0 Å². The van der Waals surface area contributed by atoms with Crippen molar-refractivity contribution in [3.63, 3.8) is 0 Å². The number of rotatable bonds is 4. The second-order valence-electron chi connectivity index (χ2n) is 5.36. The summed E-state index contributed by atoms with van der Waals surface area (Å²) in [4.78, 5) is 12.2.